The molecular formula is C14H24O4. The van der Waals surface area contributed by atoms with Crippen LogP contribution in [0.3, 0.4) is 0 Å². The molecule has 0 radical (unpaired) electrons. The van der Waals surface area contributed by atoms with Crippen LogP contribution in [0, 0.1) is 0 Å². The molecule has 0 aromatic carbocycles. The van der Waals surface area contributed by atoms with Crippen molar-refractivity contribution in [1.82, 2.24) is 0 Å². The predicted octanol–water partition coefficient (Wildman–Crippen LogP) is 2.79. The van der Waals surface area contributed by atoms with Crippen molar-refractivity contribution in [3.8, 4) is 0 Å². The Morgan fingerprint density at radius 1 is 1.28 bits per heavy atom. The molecule has 0 spiro atoms. The summed E-state index contributed by atoms with van der Waals surface area (Å²) < 4.78 is 17.0. The predicted molar refractivity (Wildman–Crippen MR) is 67.1 cm³/mol. The van der Waals surface area contributed by atoms with E-state index < -0.39 is 5.79 Å². The fraction of sp³-hybridized carbons (Fsp3) is 0.929. The van der Waals surface area contributed by atoms with Crippen molar-refractivity contribution < 1.29 is 19.0 Å². The maximum atomic E-state index is 11.2. The molecule has 3 atom stereocenters. The Morgan fingerprint density at radius 3 is 2.56 bits per heavy atom. The number of rotatable bonds is 4. The summed E-state index contributed by atoms with van der Waals surface area (Å²) in [5.74, 6) is -0.509. The molecule has 2 saturated heterocycles. The summed E-state index contributed by atoms with van der Waals surface area (Å²) in [5, 5.41) is 0. The van der Waals surface area contributed by atoms with Crippen molar-refractivity contribution in [3.63, 3.8) is 0 Å². The van der Waals surface area contributed by atoms with Crippen LogP contribution in [-0.4, -0.2) is 30.1 Å². The molecule has 0 N–H and O–H groups in total. The largest absolute Gasteiger partial charge is 0.462 e. The SMILES string of the molecule is CC1OC(C)(CCCC2CCCC(=O)O2)OC1C. The molecule has 4 nitrogen and oxygen atoms in total. The van der Waals surface area contributed by atoms with Gasteiger partial charge in [0, 0.05) is 12.8 Å². The number of hydrogen-bond acceptors (Lipinski definition) is 4. The van der Waals surface area contributed by atoms with Crippen molar-refractivity contribution in [2.45, 2.75) is 83.4 Å². The van der Waals surface area contributed by atoms with Crippen LogP contribution in [0.15, 0.2) is 0 Å². The van der Waals surface area contributed by atoms with Gasteiger partial charge < -0.3 is 14.2 Å². The van der Waals surface area contributed by atoms with Crippen LogP contribution in [0.1, 0.15) is 59.3 Å². The van der Waals surface area contributed by atoms with Gasteiger partial charge in [-0.3, -0.25) is 4.79 Å². The molecule has 18 heavy (non-hydrogen) atoms. The zero-order valence-electron chi connectivity index (χ0n) is 11.6. The maximum absolute atomic E-state index is 11.2. The van der Waals surface area contributed by atoms with Gasteiger partial charge in [-0.25, -0.2) is 0 Å². The fourth-order valence-electron chi connectivity index (χ4n) is 2.76. The van der Waals surface area contributed by atoms with E-state index in [-0.39, 0.29) is 24.3 Å². The van der Waals surface area contributed by atoms with E-state index in [1.54, 1.807) is 0 Å². The first-order chi connectivity index (χ1) is 8.48. The molecule has 0 saturated carbocycles. The van der Waals surface area contributed by atoms with E-state index in [2.05, 4.69) is 0 Å². The third kappa shape index (κ3) is 3.45. The Labute approximate surface area is 109 Å². The summed E-state index contributed by atoms with van der Waals surface area (Å²) in [6.07, 6.45) is 5.69. The first-order valence-corrected chi connectivity index (χ1v) is 7.04. The molecule has 2 heterocycles. The molecule has 2 aliphatic rings. The van der Waals surface area contributed by atoms with E-state index in [9.17, 15) is 4.79 Å². The molecule has 0 amide bonds. The summed E-state index contributed by atoms with van der Waals surface area (Å²) in [7, 11) is 0. The molecule has 2 rings (SSSR count). The van der Waals surface area contributed by atoms with Gasteiger partial charge in [0.05, 0.1) is 12.2 Å². The van der Waals surface area contributed by atoms with Gasteiger partial charge in [0.1, 0.15) is 6.10 Å². The highest BCUT2D eigenvalue weighted by molar-refractivity contribution is 5.70. The van der Waals surface area contributed by atoms with Crippen molar-refractivity contribution in [2.24, 2.45) is 0 Å². The number of carbonyl (C=O) groups is 1. The number of ether oxygens (including phenoxy) is 3. The minimum Gasteiger partial charge on any atom is -0.462 e. The minimum atomic E-state index is -0.461. The fourth-order valence-corrected chi connectivity index (χ4v) is 2.76. The van der Waals surface area contributed by atoms with E-state index in [1.165, 1.54) is 0 Å². The molecule has 0 bridgehead atoms. The van der Waals surface area contributed by atoms with E-state index in [0.717, 1.165) is 32.1 Å². The van der Waals surface area contributed by atoms with Crippen LogP contribution in [0.25, 0.3) is 0 Å². The molecule has 104 valence electrons. The zero-order valence-corrected chi connectivity index (χ0v) is 11.6. The van der Waals surface area contributed by atoms with Crippen LogP contribution in [0.5, 0.6) is 0 Å². The normalized spacial score (nSPS) is 40.8. The third-order valence-corrected chi connectivity index (χ3v) is 3.89. The second-order valence-corrected chi connectivity index (χ2v) is 5.68. The average molecular weight is 256 g/mol. The standard InChI is InChI=1S/C14H24O4/c1-10-11(2)18-14(3,17-10)9-5-7-12-6-4-8-13(15)16-12/h10-12H,4-9H2,1-3H3. The van der Waals surface area contributed by atoms with Gasteiger partial charge in [-0.1, -0.05) is 0 Å². The summed E-state index contributed by atoms with van der Waals surface area (Å²) >= 11 is 0. The van der Waals surface area contributed by atoms with Gasteiger partial charge in [0.15, 0.2) is 5.79 Å². The topological polar surface area (TPSA) is 44.8 Å². The minimum absolute atomic E-state index is 0.0481. The van der Waals surface area contributed by atoms with Crippen molar-refractivity contribution in [2.75, 3.05) is 0 Å². The Morgan fingerprint density at radius 2 is 1.94 bits per heavy atom. The summed E-state index contributed by atoms with van der Waals surface area (Å²) in [6, 6.07) is 0. The second kappa shape index (κ2) is 5.57. The Balaban J connectivity index is 1.70. The highest BCUT2D eigenvalue weighted by atomic mass is 16.7. The van der Waals surface area contributed by atoms with Gasteiger partial charge in [-0.15, -0.1) is 0 Å². The molecule has 4 heteroatoms. The van der Waals surface area contributed by atoms with E-state index in [4.69, 9.17) is 14.2 Å². The zero-order chi connectivity index (χ0) is 13.2. The van der Waals surface area contributed by atoms with Crippen LogP contribution in [0.4, 0.5) is 0 Å². The van der Waals surface area contributed by atoms with Gasteiger partial charge >= 0.3 is 5.97 Å². The molecule has 2 fully saturated rings. The van der Waals surface area contributed by atoms with Crippen LogP contribution in [0.2, 0.25) is 0 Å². The summed E-state index contributed by atoms with van der Waals surface area (Å²) in [6.45, 7) is 6.08. The molecule has 0 aromatic rings. The van der Waals surface area contributed by atoms with Crippen molar-refractivity contribution in [1.29, 1.82) is 0 Å². The second-order valence-electron chi connectivity index (χ2n) is 5.68. The lowest BCUT2D eigenvalue weighted by Gasteiger charge is -2.26. The van der Waals surface area contributed by atoms with Crippen molar-refractivity contribution in [3.05, 3.63) is 0 Å². The lowest BCUT2D eigenvalue weighted by Crippen LogP contribution is -2.28. The molecule has 0 aliphatic carbocycles. The van der Waals surface area contributed by atoms with Crippen LogP contribution >= 0.6 is 0 Å². The average Bonchev–Trinajstić information content (AvgIpc) is 2.53. The van der Waals surface area contributed by atoms with E-state index >= 15 is 0 Å². The summed E-state index contributed by atoms with van der Waals surface area (Å²) in [5.41, 5.74) is 0. The van der Waals surface area contributed by atoms with Crippen molar-refractivity contribution >= 4 is 5.97 Å². The summed E-state index contributed by atoms with van der Waals surface area (Å²) in [4.78, 5) is 11.2. The van der Waals surface area contributed by atoms with E-state index in [1.807, 2.05) is 20.8 Å². The third-order valence-electron chi connectivity index (χ3n) is 3.89. The lowest BCUT2D eigenvalue weighted by atomic mass is 10.0. The Hall–Kier alpha value is -0.610. The number of esters is 1. The van der Waals surface area contributed by atoms with Gasteiger partial charge in [0.25, 0.3) is 0 Å². The van der Waals surface area contributed by atoms with Gasteiger partial charge in [-0.05, 0) is 46.5 Å². The molecule has 2 aliphatic heterocycles. The highest BCUT2D eigenvalue weighted by Crippen LogP contribution is 2.33. The molecule has 3 unspecified atom stereocenters. The molecule has 0 aromatic heterocycles. The van der Waals surface area contributed by atoms with Gasteiger partial charge in [-0.2, -0.15) is 0 Å². The number of hydrogen-bond donors (Lipinski definition) is 0. The smallest absolute Gasteiger partial charge is 0.306 e. The maximum Gasteiger partial charge on any atom is 0.306 e. The quantitative estimate of drug-likeness (QED) is 0.725. The first-order valence-electron chi connectivity index (χ1n) is 7.04. The van der Waals surface area contributed by atoms with Crippen LogP contribution in [-0.2, 0) is 19.0 Å². The highest BCUT2D eigenvalue weighted by Gasteiger charge is 2.39. The van der Waals surface area contributed by atoms with Gasteiger partial charge in [0.2, 0.25) is 0 Å². The monoisotopic (exact) mass is 256 g/mol. The number of carbonyl (C=O) groups excluding carboxylic acids is 1. The van der Waals surface area contributed by atoms with Crippen LogP contribution < -0.4 is 0 Å². The van der Waals surface area contributed by atoms with E-state index in [0.29, 0.717) is 6.42 Å². The first kappa shape index (κ1) is 13.8. The Kier molecular flexibility index (Phi) is 4.28. The lowest BCUT2D eigenvalue weighted by molar-refractivity contribution is -0.166. The number of cyclic esters (lactones) is 1. The Bertz CT molecular complexity index is 292. The molecular weight excluding hydrogens is 232 g/mol.